The summed E-state index contributed by atoms with van der Waals surface area (Å²) in [7, 11) is 0. The molecule has 2 amide bonds. The molecule has 0 bridgehead atoms. The molecule has 0 saturated heterocycles. The van der Waals surface area contributed by atoms with Crippen LogP contribution in [0.3, 0.4) is 0 Å². The third-order valence-electron chi connectivity index (χ3n) is 4.12. The molecule has 0 unspecified atom stereocenters. The van der Waals surface area contributed by atoms with Crippen molar-refractivity contribution in [3.8, 4) is 0 Å². The molecule has 7 nitrogen and oxygen atoms in total. The number of quaternary nitrogens is 1. The smallest absolute Gasteiger partial charge is 0.411 e. The van der Waals surface area contributed by atoms with Crippen LogP contribution in [0.5, 0.6) is 0 Å². The summed E-state index contributed by atoms with van der Waals surface area (Å²) in [5.41, 5.74) is 8.24. The summed E-state index contributed by atoms with van der Waals surface area (Å²) in [6, 6.07) is 18.1. The van der Waals surface area contributed by atoms with E-state index in [1.807, 2.05) is 30.3 Å². The zero-order chi connectivity index (χ0) is 19.2. The lowest BCUT2D eigenvalue weighted by Crippen LogP contribution is -3.00. The molecular weight excluding hydrogens is 382 g/mol. The van der Waals surface area contributed by atoms with Crippen LogP contribution in [0.1, 0.15) is 21.5 Å². The number of hydroxylamine groups is 1. The van der Waals surface area contributed by atoms with Crippen molar-refractivity contribution in [2.24, 2.45) is 0 Å². The molecule has 3 rings (SSSR count). The lowest BCUT2D eigenvalue weighted by Gasteiger charge is -2.09. The van der Waals surface area contributed by atoms with Gasteiger partial charge in [-0.15, -0.1) is 0 Å². The number of hydrogen-bond acceptors (Lipinski definition) is 4. The first-order valence-corrected chi connectivity index (χ1v) is 8.38. The van der Waals surface area contributed by atoms with Crippen molar-refractivity contribution >= 4 is 28.5 Å². The Labute approximate surface area is 167 Å². The number of fused-ring (bicyclic) bond motifs is 1. The maximum Gasteiger partial charge on any atom is 0.411 e. The number of hydrogen-bond donors (Lipinski definition) is 4. The summed E-state index contributed by atoms with van der Waals surface area (Å²) in [5.74, 6) is -0.622. The van der Waals surface area contributed by atoms with E-state index in [-0.39, 0.29) is 24.6 Å². The summed E-state index contributed by atoms with van der Waals surface area (Å²) < 4.78 is 5.25. The number of anilines is 1. The van der Waals surface area contributed by atoms with Crippen molar-refractivity contribution in [1.82, 2.24) is 5.48 Å². The fraction of sp³-hybridized carbons (Fsp3) is 0.100. The van der Waals surface area contributed by atoms with Gasteiger partial charge in [0.2, 0.25) is 0 Å². The van der Waals surface area contributed by atoms with Crippen LogP contribution < -0.4 is 28.9 Å². The van der Waals surface area contributed by atoms with Gasteiger partial charge in [0.05, 0.1) is 6.54 Å². The maximum absolute atomic E-state index is 11.9. The molecule has 0 radical (unpaired) electrons. The van der Waals surface area contributed by atoms with Gasteiger partial charge >= 0.3 is 6.09 Å². The van der Waals surface area contributed by atoms with Crippen molar-refractivity contribution in [1.29, 1.82) is 0 Å². The summed E-state index contributed by atoms with van der Waals surface area (Å²) in [5, 5.41) is 13.4. The second-order valence-corrected chi connectivity index (χ2v) is 5.99. The van der Waals surface area contributed by atoms with Gasteiger partial charge in [0.15, 0.2) is 0 Å². The molecule has 3 aromatic rings. The Kier molecular flexibility index (Phi) is 7.34. The van der Waals surface area contributed by atoms with Crippen molar-refractivity contribution in [3.63, 3.8) is 0 Å². The first kappa shape index (κ1) is 21.2. The molecule has 6 N–H and O–H groups in total. The molecular formula is C20H20ClN3O4. The van der Waals surface area contributed by atoms with Gasteiger partial charge in [-0.1, -0.05) is 24.3 Å². The number of carbonyl (C=O) groups excluding carboxylic acids is 2. The Morgan fingerprint density at radius 2 is 1.54 bits per heavy atom. The first-order chi connectivity index (χ1) is 13.1. The van der Waals surface area contributed by atoms with Crippen LogP contribution in [0, 0.1) is 0 Å². The van der Waals surface area contributed by atoms with Crippen molar-refractivity contribution in [3.05, 3.63) is 77.4 Å². The number of rotatable bonds is 5. The Morgan fingerprint density at radius 3 is 2.14 bits per heavy atom. The molecule has 146 valence electrons. The summed E-state index contributed by atoms with van der Waals surface area (Å²) in [4.78, 5) is 23.2. The molecule has 0 aliphatic heterocycles. The van der Waals surface area contributed by atoms with E-state index in [1.54, 1.807) is 17.6 Å². The standard InChI is InChI=1S/C20H19N3O4.ClH/c21-11-13-1-3-17-10-14(2-4-16(17)9-13)12-27-20(25)22-18-7-5-15(6-8-18)19(24)23-26;/h1-10,26H,11-12,21H2,(H,22,25)(H,23,24);1H. The highest BCUT2D eigenvalue weighted by atomic mass is 35.5. The molecule has 0 atom stereocenters. The Morgan fingerprint density at radius 1 is 0.929 bits per heavy atom. The number of carbonyl (C=O) groups is 2. The highest BCUT2D eigenvalue weighted by molar-refractivity contribution is 5.94. The highest BCUT2D eigenvalue weighted by Crippen LogP contribution is 2.18. The van der Waals surface area contributed by atoms with E-state index >= 15 is 0 Å². The number of amides is 2. The normalized spacial score (nSPS) is 10.1. The fourth-order valence-corrected chi connectivity index (χ4v) is 2.66. The van der Waals surface area contributed by atoms with E-state index in [2.05, 4.69) is 17.1 Å². The molecule has 0 heterocycles. The molecule has 0 saturated carbocycles. The number of benzene rings is 3. The van der Waals surface area contributed by atoms with Gasteiger partial charge < -0.3 is 22.9 Å². The molecule has 0 spiro atoms. The van der Waals surface area contributed by atoms with Gasteiger partial charge in [-0.25, -0.2) is 10.3 Å². The lowest BCUT2D eigenvalue weighted by molar-refractivity contribution is -0.386. The van der Waals surface area contributed by atoms with E-state index in [0.717, 1.165) is 22.9 Å². The maximum atomic E-state index is 11.9. The van der Waals surface area contributed by atoms with Gasteiger partial charge in [-0.2, -0.15) is 0 Å². The Balaban J connectivity index is 0.00000280. The molecule has 0 aromatic heterocycles. The minimum atomic E-state index is -0.622. The summed E-state index contributed by atoms with van der Waals surface area (Å²) in [6.07, 6.45) is -0.595. The number of halogens is 1. The van der Waals surface area contributed by atoms with E-state index < -0.39 is 12.0 Å². The van der Waals surface area contributed by atoms with Crippen LogP contribution in [0.15, 0.2) is 60.7 Å². The zero-order valence-corrected chi connectivity index (χ0v) is 15.7. The van der Waals surface area contributed by atoms with E-state index in [1.165, 1.54) is 17.7 Å². The van der Waals surface area contributed by atoms with E-state index in [0.29, 0.717) is 5.69 Å². The fourth-order valence-electron chi connectivity index (χ4n) is 2.66. The van der Waals surface area contributed by atoms with Gasteiger partial charge in [0, 0.05) is 16.8 Å². The largest absolute Gasteiger partial charge is 1.00 e. The third kappa shape index (κ3) is 5.20. The molecule has 0 fully saturated rings. The minimum Gasteiger partial charge on any atom is -1.00 e. The highest BCUT2D eigenvalue weighted by Gasteiger charge is 2.07. The lowest BCUT2D eigenvalue weighted by atomic mass is 10.0. The Hall–Kier alpha value is -3.13. The van der Waals surface area contributed by atoms with Gasteiger partial charge in [0.25, 0.3) is 5.91 Å². The van der Waals surface area contributed by atoms with Gasteiger partial charge in [0.1, 0.15) is 6.61 Å². The second-order valence-electron chi connectivity index (χ2n) is 5.99. The molecule has 0 aliphatic carbocycles. The van der Waals surface area contributed by atoms with Crippen LogP contribution in [0.4, 0.5) is 10.5 Å². The third-order valence-corrected chi connectivity index (χ3v) is 4.12. The molecule has 3 aromatic carbocycles. The number of ether oxygens (including phenoxy) is 1. The van der Waals surface area contributed by atoms with Crippen molar-refractivity contribution < 1.29 is 37.7 Å². The average molecular weight is 402 g/mol. The van der Waals surface area contributed by atoms with Crippen LogP contribution in [-0.2, 0) is 17.9 Å². The number of nitrogens with one attached hydrogen (secondary N) is 2. The SMILES string of the molecule is [Cl-].[NH3+]Cc1ccc2cc(COC(=O)Nc3ccc(C(=O)NO)cc3)ccc2c1. The molecule has 8 heteroatoms. The first-order valence-electron chi connectivity index (χ1n) is 8.38. The van der Waals surface area contributed by atoms with Crippen LogP contribution >= 0.6 is 0 Å². The average Bonchev–Trinajstić information content (AvgIpc) is 2.71. The van der Waals surface area contributed by atoms with Crippen molar-refractivity contribution in [2.75, 3.05) is 5.32 Å². The minimum absolute atomic E-state index is 0. The van der Waals surface area contributed by atoms with Gasteiger partial charge in [-0.3, -0.25) is 15.3 Å². The Bertz CT molecular complexity index is 977. The summed E-state index contributed by atoms with van der Waals surface area (Å²) >= 11 is 0. The van der Waals surface area contributed by atoms with E-state index in [4.69, 9.17) is 9.94 Å². The second kappa shape index (κ2) is 9.70. The van der Waals surface area contributed by atoms with Crippen molar-refractivity contribution in [2.45, 2.75) is 13.2 Å². The summed E-state index contributed by atoms with van der Waals surface area (Å²) in [6.45, 7) is 0.885. The molecule has 0 aliphatic rings. The monoisotopic (exact) mass is 401 g/mol. The quantitative estimate of drug-likeness (QED) is 0.339. The van der Waals surface area contributed by atoms with Gasteiger partial charge in [-0.05, 0) is 52.7 Å². The predicted molar refractivity (Wildman–Crippen MR) is 100 cm³/mol. The molecule has 28 heavy (non-hydrogen) atoms. The van der Waals surface area contributed by atoms with Crippen LogP contribution in [0.25, 0.3) is 10.8 Å². The zero-order valence-electron chi connectivity index (χ0n) is 14.9. The topological polar surface area (TPSA) is 115 Å². The predicted octanol–water partition coefficient (Wildman–Crippen LogP) is -0.547. The van der Waals surface area contributed by atoms with Crippen LogP contribution in [-0.4, -0.2) is 17.2 Å². The van der Waals surface area contributed by atoms with Crippen LogP contribution in [0.2, 0.25) is 0 Å². The van der Waals surface area contributed by atoms with E-state index in [9.17, 15) is 9.59 Å².